The average Bonchev–Trinajstić information content (AvgIpc) is 2.64. The van der Waals surface area contributed by atoms with Crippen LogP contribution in [-0.4, -0.2) is 27.4 Å². The van der Waals surface area contributed by atoms with Crippen LogP contribution >= 0.6 is 11.6 Å². The van der Waals surface area contributed by atoms with E-state index in [9.17, 15) is 4.79 Å². The minimum absolute atomic E-state index is 0.0208. The maximum absolute atomic E-state index is 10.2. The lowest BCUT2D eigenvalue weighted by atomic mass is 10.2. The predicted molar refractivity (Wildman–Crippen MR) is 75.3 cm³/mol. The summed E-state index contributed by atoms with van der Waals surface area (Å²) in [7, 11) is 0. The van der Waals surface area contributed by atoms with Crippen LogP contribution in [0.4, 0.5) is 0 Å². The molecule has 0 spiro atoms. The number of oxime groups is 1. The van der Waals surface area contributed by atoms with Crippen LogP contribution in [0.1, 0.15) is 42.5 Å². The Labute approximate surface area is 117 Å². The molecule has 0 heterocycles. The lowest BCUT2D eigenvalue weighted by Gasteiger charge is -2.04. The van der Waals surface area contributed by atoms with Crippen LogP contribution in [0.25, 0.3) is 0 Å². The number of hydrogen-bond donors (Lipinski definition) is 2. The Morgan fingerprint density at radius 3 is 2.42 bits per heavy atom. The molecule has 1 fully saturated rings. The van der Waals surface area contributed by atoms with Gasteiger partial charge in [0.15, 0.2) is 0 Å². The lowest BCUT2D eigenvalue weighted by Crippen LogP contribution is -2.11. The number of carbonyl (C=O) groups is 1. The fourth-order valence-corrected chi connectivity index (χ4v) is 2.13. The van der Waals surface area contributed by atoms with Crippen molar-refractivity contribution in [1.29, 1.82) is 0 Å². The van der Waals surface area contributed by atoms with E-state index in [4.69, 9.17) is 21.9 Å². The minimum atomic E-state index is -0.879. The molecule has 0 amide bonds. The largest absolute Gasteiger partial charge is 0.478 e. The van der Waals surface area contributed by atoms with Crippen molar-refractivity contribution in [3.8, 4) is 0 Å². The summed E-state index contributed by atoms with van der Waals surface area (Å²) in [5.74, 6) is -0.879. The monoisotopic (exact) mass is 283 g/mol. The zero-order valence-corrected chi connectivity index (χ0v) is 11.4. The zero-order valence-electron chi connectivity index (χ0n) is 10.6. The summed E-state index contributed by atoms with van der Waals surface area (Å²) in [5, 5.41) is 20.0. The molecular formula is C14H18ClNO3. The van der Waals surface area contributed by atoms with E-state index in [1.54, 1.807) is 30.3 Å². The SMILES string of the molecule is O/N=C1/CCCCCC1Cl.O=C(O)c1ccccc1. The van der Waals surface area contributed by atoms with Gasteiger partial charge in [-0.15, -0.1) is 11.6 Å². The van der Waals surface area contributed by atoms with E-state index in [1.807, 2.05) is 0 Å². The van der Waals surface area contributed by atoms with Crippen molar-refractivity contribution in [2.24, 2.45) is 5.16 Å². The van der Waals surface area contributed by atoms with Crippen molar-refractivity contribution in [2.45, 2.75) is 37.5 Å². The number of alkyl halides is 1. The number of aromatic carboxylic acids is 1. The van der Waals surface area contributed by atoms with Crippen LogP contribution in [0.3, 0.4) is 0 Å². The van der Waals surface area contributed by atoms with Gasteiger partial charge in [-0.1, -0.05) is 36.2 Å². The van der Waals surface area contributed by atoms with Crippen molar-refractivity contribution in [3.63, 3.8) is 0 Å². The fourth-order valence-electron chi connectivity index (χ4n) is 1.82. The summed E-state index contributed by atoms with van der Waals surface area (Å²) in [4.78, 5) is 10.2. The Balaban J connectivity index is 0.000000191. The molecule has 1 aromatic carbocycles. The van der Waals surface area contributed by atoms with Gasteiger partial charge in [-0.2, -0.15) is 0 Å². The van der Waals surface area contributed by atoms with Crippen LogP contribution in [0.5, 0.6) is 0 Å². The molecule has 1 aliphatic rings. The summed E-state index contributed by atoms with van der Waals surface area (Å²) in [6.45, 7) is 0. The second kappa shape index (κ2) is 8.53. The van der Waals surface area contributed by atoms with Crippen LogP contribution < -0.4 is 0 Å². The molecule has 104 valence electrons. The molecule has 1 aliphatic carbocycles. The molecule has 1 unspecified atom stereocenters. The number of carboxylic acid groups (broad SMARTS) is 1. The predicted octanol–water partition coefficient (Wildman–Crippen LogP) is 3.77. The van der Waals surface area contributed by atoms with Crippen LogP contribution in [0.15, 0.2) is 35.5 Å². The van der Waals surface area contributed by atoms with Crippen LogP contribution in [0, 0.1) is 0 Å². The molecule has 0 aliphatic heterocycles. The summed E-state index contributed by atoms with van der Waals surface area (Å²) in [6.07, 6.45) is 5.31. The first-order valence-electron chi connectivity index (χ1n) is 6.28. The Bertz CT molecular complexity index is 420. The maximum atomic E-state index is 10.2. The second-order valence-corrected chi connectivity index (χ2v) is 4.86. The molecule has 19 heavy (non-hydrogen) atoms. The molecule has 1 aromatic rings. The van der Waals surface area contributed by atoms with Gasteiger partial charge in [-0.05, 0) is 31.4 Å². The van der Waals surface area contributed by atoms with E-state index in [2.05, 4.69) is 5.16 Å². The second-order valence-electron chi connectivity index (χ2n) is 4.33. The van der Waals surface area contributed by atoms with E-state index >= 15 is 0 Å². The minimum Gasteiger partial charge on any atom is -0.478 e. The molecule has 0 bridgehead atoms. The van der Waals surface area contributed by atoms with E-state index < -0.39 is 5.97 Å². The highest BCUT2D eigenvalue weighted by Crippen LogP contribution is 2.19. The summed E-state index contributed by atoms with van der Waals surface area (Å²) in [5.41, 5.74) is 1.09. The highest BCUT2D eigenvalue weighted by molar-refractivity contribution is 6.32. The smallest absolute Gasteiger partial charge is 0.335 e. The van der Waals surface area contributed by atoms with Gasteiger partial charge in [0.1, 0.15) is 0 Å². The van der Waals surface area contributed by atoms with Crippen LogP contribution in [-0.2, 0) is 0 Å². The molecule has 1 saturated carbocycles. The van der Waals surface area contributed by atoms with Gasteiger partial charge in [-0.25, -0.2) is 4.79 Å². The highest BCUT2D eigenvalue weighted by atomic mass is 35.5. The van der Waals surface area contributed by atoms with E-state index in [0.717, 1.165) is 31.4 Å². The first-order chi connectivity index (χ1) is 9.15. The Kier molecular flexibility index (Phi) is 6.97. The quantitative estimate of drug-likeness (QED) is 0.357. The lowest BCUT2D eigenvalue weighted by molar-refractivity contribution is 0.0697. The summed E-state index contributed by atoms with van der Waals surface area (Å²) >= 11 is 5.90. The zero-order chi connectivity index (χ0) is 14.1. The molecule has 0 aromatic heterocycles. The summed E-state index contributed by atoms with van der Waals surface area (Å²) in [6, 6.07) is 8.30. The molecule has 0 saturated heterocycles. The highest BCUT2D eigenvalue weighted by Gasteiger charge is 2.16. The van der Waals surface area contributed by atoms with Crippen molar-refractivity contribution >= 4 is 23.3 Å². The van der Waals surface area contributed by atoms with Crippen LogP contribution in [0.2, 0.25) is 0 Å². The first kappa shape index (κ1) is 15.5. The van der Waals surface area contributed by atoms with E-state index in [-0.39, 0.29) is 5.38 Å². The van der Waals surface area contributed by atoms with Gasteiger partial charge in [0.2, 0.25) is 0 Å². The van der Waals surface area contributed by atoms with Gasteiger partial charge >= 0.3 is 5.97 Å². The van der Waals surface area contributed by atoms with Gasteiger partial charge in [0.25, 0.3) is 0 Å². The normalized spacial score (nSPS) is 21.1. The number of benzene rings is 1. The van der Waals surface area contributed by atoms with Crippen molar-refractivity contribution < 1.29 is 15.1 Å². The van der Waals surface area contributed by atoms with E-state index in [1.165, 1.54) is 6.42 Å². The first-order valence-corrected chi connectivity index (χ1v) is 6.72. The topological polar surface area (TPSA) is 69.9 Å². The van der Waals surface area contributed by atoms with Crippen molar-refractivity contribution in [3.05, 3.63) is 35.9 Å². The average molecular weight is 284 g/mol. The molecule has 2 rings (SSSR count). The number of rotatable bonds is 1. The van der Waals surface area contributed by atoms with Crippen molar-refractivity contribution in [2.75, 3.05) is 0 Å². The number of hydrogen-bond acceptors (Lipinski definition) is 3. The molecule has 1 atom stereocenters. The molecule has 5 heteroatoms. The van der Waals surface area contributed by atoms with Gasteiger partial charge in [0, 0.05) is 0 Å². The van der Waals surface area contributed by atoms with Gasteiger partial charge < -0.3 is 10.3 Å². The van der Waals surface area contributed by atoms with Gasteiger partial charge in [-0.3, -0.25) is 0 Å². The molecule has 0 radical (unpaired) electrons. The van der Waals surface area contributed by atoms with E-state index in [0.29, 0.717) is 5.56 Å². The number of carboxylic acids is 1. The standard InChI is InChI=1S/C7H12ClNO.C7H6O2/c8-6-4-2-1-3-5-7(6)9-10;8-7(9)6-4-2-1-3-5-6/h6,10H,1-5H2;1-5H,(H,8,9)/b9-7-;. The molecular weight excluding hydrogens is 266 g/mol. The fraction of sp³-hybridized carbons (Fsp3) is 0.429. The molecule has 2 N–H and O–H groups in total. The Hall–Kier alpha value is -1.55. The third-order valence-corrected chi connectivity index (χ3v) is 3.37. The third kappa shape index (κ3) is 5.75. The number of nitrogens with zero attached hydrogens (tertiary/aromatic N) is 1. The van der Waals surface area contributed by atoms with Crippen molar-refractivity contribution in [1.82, 2.24) is 0 Å². The summed E-state index contributed by atoms with van der Waals surface area (Å²) < 4.78 is 0. The number of halogens is 1. The third-order valence-electron chi connectivity index (χ3n) is 2.90. The molecule has 4 nitrogen and oxygen atoms in total. The maximum Gasteiger partial charge on any atom is 0.335 e. The van der Waals surface area contributed by atoms with Gasteiger partial charge in [0.05, 0.1) is 16.7 Å². The Morgan fingerprint density at radius 2 is 1.89 bits per heavy atom. The Morgan fingerprint density at radius 1 is 1.21 bits per heavy atom.